The molecule has 0 saturated carbocycles. The van der Waals surface area contributed by atoms with E-state index >= 15 is 0 Å². The van der Waals surface area contributed by atoms with E-state index < -0.39 is 0 Å². The van der Waals surface area contributed by atoms with Gasteiger partial charge in [0.05, 0.1) is 0 Å². The van der Waals surface area contributed by atoms with Crippen LogP contribution in [0.1, 0.15) is 42.3 Å². The summed E-state index contributed by atoms with van der Waals surface area (Å²) in [4.78, 5) is 18.6. The topological polar surface area (TPSA) is 48.1 Å². The SMILES string of the molecule is CCN(CC)C(C(=O)NCc1ccc2[nH]c(C)c(C)c2c1)c1ccccc1. The monoisotopic (exact) mass is 363 g/mol. The molecule has 4 nitrogen and oxygen atoms in total. The van der Waals surface area contributed by atoms with Crippen LogP contribution in [0.4, 0.5) is 0 Å². The van der Waals surface area contributed by atoms with Crippen molar-refractivity contribution in [2.75, 3.05) is 13.1 Å². The number of aromatic nitrogens is 1. The first kappa shape index (κ1) is 19.2. The van der Waals surface area contributed by atoms with Crippen LogP contribution in [0.5, 0.6) is 0 Å². The van der Waals surface area contributed by atoms with Crippen LogP contribution in [0.15, 0.2) is 48.5 Å². The van der Waals surface area contributed by atoms with Gasteiger partial charge in [-0.05, 0) is 55.8 Å². The number of nitrogens with one attached hydrogen (secondary N) is 2. The summed E-state index contributed by atoms with van der Waals surface area (Å²) >= 11 is 0. The Morgan fingerprint density at radius 1 is 1.07 bits per heavy atom. The van der Waals surface area contributed by atoms with Gasteiger partial charge in [0, 0.05) is 23.1 Å². The Morgan fingerprint density at radius 2 is 1.78 bits per heavy atom. The van der Waals surface area contributed by atoms with Gasteiger partial charge in [0.1, 0.15) is 6.04 Å². The number of hydrogen-bond donors (Lipinski definition) is 2. The number of fused-ring (bicyclic) bond motifs is 1. The van der Waals surface area contributed by atoms with Crippen molar-refractivity contribution in [3.05, 3.63) is 70.9 Å². The highest BCUT2D eigenvalue weighted by molar-refractivity contribution is 5.86. The largest absolute Gasteiger partial charge is 0.358 e. The van der Waals surface area contributed by atoms with Crippen molar-refractivity contribution in [3.8, 4) is 0 Å². The number of hydrogen-bond acceptors (Lipinski definition) is 2. The fourth-order valence-electron chi connectivity index (χ4n) is 3.66. The van der Waals surface area contributed by atoms with Crippen LogP contribution in [-0.2, 0) is 11.3 Å². The molecule has 142 valence electrons. The highest BCUT2D eigenvalue weighted by Gasteiger charge is 2.25. The molecule has 0 spiro atoms. The van der Waals surface area contributed by atoms with E-state index in [-0.39, 0.29) is 11.9 Å². The van der Waals surface area contributed by atoms with E-state index in [9.17, 15) is 4.79 Å². The van der Waals surface area contributed by atoms with Crippen LogP contribution in [0, 0.1) is 13.8 Å². The summed E-state index contributed by atoms with van der Waals surface area (Å²) in [6.07, 6.45) is 0. The zero-order valence-corrected chi connectivity index (χ0v) is 16.7. The summed E-state index contributed by atoms with van der Waals surface area (Å²) in [7, 11) is 0. The Labute approximate surface area is 161 Å². The quantitative estimate of drug-likeness (QED) is 0.650. The van der Waals surface area contributed by atoms with Crippen LogP contribution in [0.2, 0.25) is 0 Å². The molecule has 1 amide bonds. The van der Waals surface area contributed by atoms with E-state index in [1.165, 1.54) is 16.6 Å². The number of nitrogens with zero attached hydrogens (tertiary/aromatic N) is 1. The Kier molecular flexibility index (Phi) is 5.97. The van der Waals surface area contributed by atoms with E-state index in [1.54, 1.807) is 0 Å². The normalized spacial score (nSPS) is 12.5. The van der Waals surface area contributed by atoms with E-state index in [0.717, 1.165) is 29.7 Å². The smallest absolute Gasteiger partial charge is 0.242 e. The van der Waals surface area contributed by atoms with Gasteiger partial charge < -0.3 is 10.3 Å². The summed E-state index contributed by atoms with van der Waals surface area (Å²) in [5.41, 5.74) is 5.75. The Morgan fingerprint density at radius 3 is 2.44 bits per heavy atom. The van der Waals surface area contributed by atoms with Gasteiger partial charge in [0.2, 0.25) is 5.91 Å². The second-order valence-corrected chi connectivity index (χ2v) is 7.01. The number of carbonyl (C=O) groups excluding carboxylic acids is 1. The van der Waals surface area contributed by atoms with E-state index in [2.05, 4.69) is 61.1 Å². The molecule has 0 radical (unpaired) electrons. The molecule has 1 aromatic heterocycles. The minimum atomic E-state index is -0.263. The summed E-state index contributed by atoms with van der Waals surface area (Å²) in [5, 5.41) is 4.37. The Hall–Kier alpha value is -2.59. The molecule has 4 heteroatoms. The first-order chi connectivity index (χ1) is 13.0. The molecule has 27 heavy (non-hydrogen) atoms. The third kappa shape index (κ3) is 4.06. The molecule has 1 atom stereocenters. The highest BCUT2D eigenvalue weighted by Crippen LogP contribution is 2.23. The average molecular weight is 364 g/mol. The van der Waals surface area contributed by atoms with E-state index in [1.807, 2.05) is 30.3 Å². The Bertz CT molecular complexity index is 910. The van der Waals surface area contributed by atoms with Crippen molar-refractivity contribution in [2.24, 2.45) is 0 Å². The number of benzene rings is 2. The third-order valence-electron chi connectivity index (χ3n) is 5.38. The lowest BCUT2D eigenvalue weighted by molar-refractivity contribution is -0.126. The number of carbonyl (C=O) groups is 1. The molecule has 0 fully saturated rings. The molecule has 0 aliphatic carbocycles. The number of rotatable bonds is 7. The van der Waals surface area contributed by atoms with Gasteiger partial charge >= 0.3 is 0 Å². The fourth-order valence-corrected chi connectivity index (χ4v) is 3.66. The van der Waals surface area contributed by atoms with Gasteiger partial charge in [0.25, 0.3) is 0 Å². The molecule has 0 aliphatic heterocycles. The molecule has 1 heterocycles. The minimum Gasteiger partial charge on any atom is -0.358 e. The van der Waals surface area contributed by atoms with Gasteiger partial charge in [0.15, 0.2) is 0 Å². The molecular formula is C23H29N3O. The van der Waals surface area contributed by atoms with Crippen molar-refractivity contribution in [2.45, 2.75) is 40.3 Å². The van der Waals surface area contributed by atoms with Crippen LogP contribution in [0.25, 0.3) is 10.9 Å². The second kappa shape index (κ2) is 8.40. The molecule has 1 unspecified atom stereocenters. The maximum Gasteiger partial charge on any atom is 0.242 e. The zero-order valence-electron chi connectivity index (χ0n) is 16.7. The zero-order chi connectivity index (χ0) is 19.4. The second-order valence-electron chi connectivity index (χ2n) is 7.01. The molecule has 2 N–H and O–H groups in total. The molecule has 0 aliphatic rings. The Balaban J connectivity index is 1.78. The van der Waals surface area contributed by atoms with Crippen LogP contribution in [-0.4, -0.2) is 28.9 Å². The number of aryl methyl sites for hydroxylation is 2. The van der Waals surface area contributed by atoms with Crippen molar-refractivity contribution in [3.63, 3.8) is 0 Å². The predicted molar refractivity (Wildman–Crippen MR) is 112 cm³/mol. The third-order valence-corrected chi connectivity index (χ3v) is 5.38. The van der Waals surface area contributed by atoms with Crippen molar-refractivity contribution >= 4 is 16.8 Å². The first-order valence-electron chi connectivity index (χ1n) is 9.69. The molecule has 0 bridgehead atoms. The van der Waals surface area contributed by atoms with Gasteiger partial charge in [-0.25, -0.2) is 0 Å². The number of amides is 1. The number of likely N-dealkylation sites (N-methyl/N-ethyl adjacent to an activating group) is 1. The van der Waals surface area contributed by atoms with E-state index in [0.29, 0.717) is 6.54 Å². The van der Waals surface area contributed by atoms with Gasteiger partial charge in [-0.15, -0.1) is 0 Å². The van der Waals surface area contributed by atoms with Crippen LogP contribution in [0.3, 0.4) is 0 Å². The molecule has 2 aromatic carbocycles. The molecular weight excluding hydrogens is 334 g/mol. The summed E-state index contributed by atoms with van der Waals surface area (Å²) in [6.45, 7) is 10.6. The fraction of sp³-hybridized carbons (Fsp3) is 0.348. The minimum absolute atomic E-state index is 0.0481. The van der Waals surface area contributed by atoms with Gasteiger partial charge in [-0.1, -0.05) is 50.2 Å². The van der Waals surface area contributed by atoms with Crippen molar-refractivity contribution in [1.29, 1.82) is 0 Å². The van der Waals surface area contributed by atoms with Gasteiger partial charge in [-0.3, -0.25) is 9.69 Å². The van der Waals surface area contributed by atoms with Crippen LogP contribution < -0.4 is 5.32 Å². The lowest BCUT2D eigenvalue weighted by atomic mass is 10.0. The summed E-state index contributed by atoms with van der Waals surface area (Å²) in [5.74, 6) is 0.0481. The molecule has 0 saturated heterocycles. The number of aromatic amines is 1. The van der Waals surface area contributed by atoms with Crippen molar-refractivity contribution in [1.82, 2.24) is 15.2 Å². The molecule has 3 rings (SSSR count). The first-order valence-corrected chi connectivity index (χ1v) is 9.69. The van der Waals surface area contributed by atoms with Crippen molar-refractivity contribution < 1.29 is 4.79 Å². The standard InChI is InChI=1S/C23H29N3O/c1-5-26(6-2)22(19-10-8-7-9-11-19)23(27)24-15-18-12-13-21-20(14-18)16(3)17(4)25-21/h7-14,22,25H,5-6,15H2,1-4H3,(H,24,27). The van der Waals surface area contributed by atoms with Crippen LogP contribution >= 0.6 is 0 Å². The average Bonchev–Trinajstić information content (AvgIpc) is 2.98. The maximum absolute atomic E-state index is 13.1. The lowest BCUT2D eigenvalue weighted by Crippen LogP contribution is -2.40. The van der Waals surface area contributed by atoms with E-state index in [4.69, 9.17) is 0 Å². The molecule has 3 aromatic rings. The summed E-state index contributed by atoms with van der Waals surface area (Å²) in [6, 6.07) is 16.1. The lowest BCUT2D eigenvalue weighted by Gasteiger charge is -2.29. The number of H-pyrrole nitrogens is 1. The predicted octanol–water partition coefficient (Wildman–Crippen LogP) is 4.48. The highest BCUT2D eigenvalue weighted by atomic mass is 16.2. The summed E-state index contributed by atoms with van der Waals surface area (Å²) < 4.78 is 0. The maximum atomic E-state index is 13.1. The van der Waals surface area contributed by atoms with Gasteiger partial charge in [-0.2, -0.15) is 0 Å².